The van der Waals surface area contributed by atoms with Gasteiger partial charge in [0, 0.05) is 39.0 Å². The van der Waals surface area contributed by atoms with Crippen LogP contribution in [0.3, 0.4) is 0 Å². The molecule has 1 unspecified atom stereocenters. The van der Waals surface area contributed by atoms with Gasteiger partial charge in [0.25, 0.3) is 11.8 Å². The summed E-state index contributed by atoms with van der Waals surface area (Å²) in [4.78, 5) is 50.8. The van der Waals surface area contributed by atoms with Crippen molar-refractivity contribution in [2.75, 3.05) is 10.6 Å². The molecule has 0 aliphatic heterocycles. The minimum Gasteiger partial charge on any atom is -0.321 e. The number of carbonyl (C=O) groups excluding carboxylic acids is 3. The first-order valence-corrected chi connectivity index (χ1v) is 17.1. The Kier molecular flexibility index (Phi) is 10.7. The molecule has 2 heterocycles. The molecule has 0 saturated heterocycles. The number of hydrogen-bond acceptors (Lipinski definition) is 7. The van der Waals surface area contributed by atoms with Crippen LogP contribution in [0.5, 0.6) is 0 Å². The van der Waals surface area contributed by atoms with E-state index in [1.165, 1.54) is 23.1 Å². The number of nitrogens with one attached hydrogen (secondary N) is 3. The Labute approximate surface area is 292 Å². The van der Waals surface area contributed by atoms with E-state index in [-0.39, 0.29) is 11.6 Å². The fraction of sp³-hybridized carbons (Fsp3) is 0.0513. The van der Waals surface area contributed by atoms with Crippen molar-refractivity contribution in [3.63, 3.8) is 0 Å². The maximum Gasteiger partial charge on any atom is 0.272 e. The summed E-state index contributed by atoms with van der Waals surface area (Å²) in [5, 5.41) is 8.61. The van der Waals surface area contributed by atoms with E-state index in [9.17, 15) is 14.4 Å². The maximum absolute atomic E-state index is 13.7. The van der Waals surface area contributed by atoms with Crippen LogP contribution in [-0.2, 0) is 9.59 Å². The van der Waals surface area contributed by atoms with Gasteiger partial charge in [-0.2, -0.15) is 0 Å². The molecule has 49 heavy (non-hydrogen) atoms. The summed E-state index contributed by atoms with van der Waals surface area (Å²) in [6, 6.07) is 38.9. The highest BCUT2D eigenvalue weighted by Gasteiger charge is 2.24. The van der Waals surface area contributed by atoms with Gasteiger partial charge in [-0.1, -0.05) is 84.9 Å². The number of nitrogens with zero attached hydrogens (tertiary/aromatic N) is 2. The summed E-state index contributed by atoms with van der Waals surface area (Å²) in [6.07, 6.45) is 4.81. The summed E-state index contributed by atoms with van der Waals surface area (Å²) >= 11 is 2.84. The van der Waals surface area contributed by atoms with Gasteiger partial charge in [-0.15, -0.1) is 23.1 Å². The van der Waals surface area contributed by atoms with Gasteiger partial charge in [-0.25, -0.2) is 4.98 Å². The van der Waals surface area contributed by atoms with Crippen LogP contribution in [0, 0.1) is 6.92 Å². The zero-order valence-electron chi connectivity index (χ0n) is 26.4. The zero-order valence-corrected chi connectivity index (χ0v) is 28.0. The van der Waals surface area contributed by atoms with Crippen LogP contribution in [0.15, 0.2) is 150 Å². The second kappa shape index (κ2) is 15.8. The highest BCUT2D eigenvalue weighted by molar-refractivity contribution is 8.00. The molecule has 242 valence electrons. The molecule has 0 fully saturated rings. The lowest BCUT2D eigenvalue weighted by atomic mass is 10.1. The van der Waals surface area contributed by atoms with Crippen LogP contribution in [0.1, 0.15) is 31.6 Å². The number of anilines is 2. The molecule has 1 atom stereocenters. The standard InChI is InChI=1S/C39H31N5O3S2/c1-26-34(28-13-5-2-6-14-28)43-39(48-26)44-38(47)35(29-15-7-3-8-16-29)49-32-21-19-31(20-22-32)41-37(46)33(24-27-12-11-23-40-25-27)42-36(45)30-17-9-4-10-18-30/h2-25,35H,1H3,(H,41,46)(H,42,45)(H,43,44,47)/b33-24-. The maximum atomic E-state index is 13.7. The number of benzene rings is 4. The first-order chi connectivity index (χ1) is 23.9. The van der Waals surface area contributed by atoms with E-state index in [2.05, 4.69) is 20.9 Å². The molecule has 10 heteroatoms. The molecule has 6 aromatic rings. The Balaban J connectivity index is 1.17. The van der Waals surface area contributed by atoms with Crippen molar-refractivity contribution in [3.05, 3.63) is 167 Å². The van der Waals surface area contributed by atoms with Gasteiger partial charge in [0.15, 0.2) is 5.13 Å². The van der Waals surface area contributed by atoms with Gasteiger partial charge in [-0.3, -0.25) is 19.4 Å². The second-order valence-electron chi connectivity index (χ2n) is 10.8. The number of rotatable bonds is 11. The number of aromatic nitrogens is 2. The normalized spacial score (nSPS) is 11.7. The molecule has 3 N–H and O–H groups in total. The van der Waals surface area contributed by atoms with E-state index in [4.69, 9.17) is 4.98 Å². The van der Waals surface area contributed by atoms with Gasteiger partial charge >= 0.3 is 0 Å². The molecule has 8 nitrogen and oxygen atoms in total. The summed E-state index contributed by atoms with van der Waals surface area (Å²) < 4.78 is 0. The molecule has 0 spiro atoms. The van der Waals surface area contributed by atoms with Crippen LogP contribution in [0.4, 0.5) is 10.8 Å². The Hall–Kier alpha value is -5.84. The van der Waals surface area contributed by atoms with Gasteiger partial charge < -0.3 is 16.0 Å². The molecule has 6 rings (SSSR count). The number of aryl methyl sites for hydroxylation is 1. The van der Waals surface area contributed by atoms with Crippen LogP contribution >= 0.6 is 23.1 Å². The van der Waals surface area contributed by atoms with E-state index in [0.29, 0.717) is 21.9 Å². The highest BCUT2D eigenvalue weighted by atomic mass is 32.2. The molecule has 0 bridgehead atoms. The van der Waals surface area contributed by atoms with Crippen molar-refractivity contribution in [2.45, 2.75) is 17.1 Å². The van der Waals surface area contributed by atoms with Gasteiger partial charge in [0.2, 0.25) is 5.91 Å². The number of carbonyl (C=O) groups is 3. The zero-order chi connectivity index (χ0) is 34.0. The van der Waals surface area contributed by atoms with Gasteiger partial charge in [0.05, 0.1) is 5.69 Å². The van der Waals surface area contributed by atoms with Crippen molar-refractivity contribution in [2.24, 2.45) is 0 Å². The molecule has 0 saturated carbocycles. The topological polar surface area (TPSA) is 113 Å². The highest BCUT2D eigenvalue weighted by Crippen LogP contribution is 2.38. The summed E-state index contributed by atoms with van der Waals surface area (Å²) in [5.74, 6) is -1.10. The largest absolute Gasteiger partial charge is 0.321 e. The minimum atomic E-state index is -0.562. The average molecular weight is 682 g/mol. The van der Waals surface area contributed by atoms with Gasteiger partial charge in [0.1, 0.15) is 10.9 Å². The lowest BCUT2D eigenvalue weighted by molar-refractivity contribution is -0.116. The van der Waals surface area contributed by atoms with Crippen molar-refractivity contribution in [3.8, 4) is 11.3 Å². The van der Waals surface area contributed by atoms with E-state index in [1.54, 1.807) is 67.0 Å². The third kappa shape index (κ3) is 8.75. The number of amides is 3. The number of thioether (sulfide) groups is 1. The van der Waals surface area contributed by atoms with E-state index < -0.39 is 17.1 Å². The monoisotopic (exact) mass is 681 g/mol. The number of pyridine rings is 1. The molecular weight excluding hydrogens is 651 g/mol. The van der Waals surface area contributed by atoms with Crippen molar-refractivity contribution in [1.82, 2.24) is 15.3 Å². The van der Waals surface area contributed by atoms with E-state index in [0.717, 1.165) is 26.6 Å². The van der Waals surface area contributed by atoms with Crippen molar-refractivity contribution < 1.29 is 14.4 Å². The second-order valence-corrected chi connectivity index (χ2v) is 13.2. The minimum absolute atomic E-state index is 0.0639. The lowest BCUT2D eigenvalue weighted by Crippen LogP contribution is -2.30. The average Bonchev–Trinajstić information content (AvgIpc) is 3.51. The molecular formula is C39H31N5O3S2. The first kappa shape index (κ1) is 33.1. The predicted molar refractivity (Wildman–Crippen MR) is 197 cm³/mol. The van der Waals surface area contributed by atoms with Gasteiger partial charge in [-0.05, 0) is 66.6 Å². The van der Waals surface area contributed by atoms with E-state index >= 15 is 0 Å². The fourth-order valence-electron chi connectivity index (χ4n) is 4.91. The Morgan fingerprint density at radius 3 is 2.12 bits per heavy atom. The van der Waals surface area contributed by atoms with Crippen LogP contribution in [0.25, 0.3) is 17.3 Å². The summed E-state index contributed by atoms with van der Waals surface area (Å²) in [5.41, 5.74) is 4.35. The molecule has 0 radical (unpaired) electrons. The summed E-state index contributed by atoms with van der Waals surface area (Å²) in [6.45, 7) is 1.99. The Bertz CT molecular complexity index is 2070. The smallest absolute Gasteiger partial charge is 0.272 e. The first-order valence-electron chi connectivity index (χ1n) is 15.4. The predicted octanol–water partition coefficient (Wildman–Crippen LogP) is 8.40. The summed E-state index contributed by atoms with van der Waals surface area (Å²) in [7, 11) is 0. The van der Waals surface area contributed by atoms with Crippen molar-refractivity contribution in [1.29, 1.82) is 0 Å². The van der Waals surface area contributed by atoms with Crippen LogP contribution in [0.2, 0.25) is 0 Å². The molecule has 4 aromatic carbocycles. The Morgan fingerprint density at radius 1 is 0.776 bits per heavy atom. The fourth-order valence-corrected chi connectivity index (χ4v) is 6.77. The molecule has 0 aliphatic carbocycles. The lowest BCUT2D eigenvalue weighted by Gasteiger charge is -2.17. The quantitative estimate of drug-likeness (QED) is 0.0935. The Morgan fingerprint density at radius 2 is 1.45 bits per heavy atom. The SMILES string of the molecule is Cc1sc(NC(=O)C(Sc2ccc(NC(=O)/C(=C/c3cccnc3)NC(=O)c3ccccc3)cc2)c2ccccc2)nc1-c1ccccc1. The molecule has 2 aromatic heterocycles. The van der Waals surface area contributed by atoms with Crippen molar-refractivity contribution >= 4 is 57.7 Å². The number of hydrogen-bond donors (Lipinski definition) is 3. The third-order valence-electron chi connectivity index (χ3n) is 7.30. The third-order valence-corrected chi connectivity index (χ3v) is 9.46. The molecule has 0 aliphatic rings. The van der Waals surface area contributed by atoms with Crippen LogP contribution < -0.4 is 16.0 Å². The number of thiazole rings is 1. The van der Waals surface area contributed by atoms with E-state index in [1.807, 2.05) is 85.8 Å². The van der Waals surface area contributed by atoms with Crippen LogP contribution in [-0.4, -0.2) is 27.7 Å². The molecule has 3 amide bonds.